The fraction of sp³-hybridized carbons (Fsp3) is 0.222. The van der Waals surface area contributed by atoms with Crippen LogP contribution >= 0.6 is 0 Å². The van der Waals surface area contributed by atoms with Crippen molar-refractivity contribution in [1.82, 2.24) is 9.55 Å². The number of hydrogen-bond donors (Lipinski definition) is 2. The predicted octanol–water partition coefficient (Wildman–Crippen LogP) is 6.29. The van der Waals surface area contributed by atoms with E-state index in [1.807, 2.05) is 34.1 Å². The molecule has 3 aromatic carbocycles. The topological polar surface area (TPSA) is 84.2 Å². The van der Waals surface area contributed by atoms with E-state index in [1.165, 1.54) is 12.1 Å². The summed E-state index contributed by atoms with van der Waals surface area (Å²) in [6.07, 6.45) is -2.44. The number of aromatic carboxylic acids is 1. The van der Waals surface area contributed by atoms with Crippen molar-refractivity contribution in [3.8, 4) is 11.1 Å². The first-order valence-electron chi connectivity index (χ1n) is 11.5. The maximum Gasteiger partial charge on any atom is 0.471 e. The number of carboxylic acid groups (broad SMARTS) is 1. The van der Waals surface area contributed by atoms with Gasteiger partial charge in [0.25, 0.3) is 0 Å². The molecule has 0 saturated carbocycles. The number of nitrogens with zero attached hydrogens (tertiary/aromatic N) is 2. The molecule has 1 aromatic heterocycles. The lowest BCUT2D eigenvalue weighted by Gasteiger charge is -2.12. The van der Waals surface area contributed by atoms with Crippen molar-refractivity contribution in [3.05, 3.63) is 83.7 Å². The fourth-order valence-electron chi connectivity index (χ4n) is 4.05. The Hall–Kier alpha value is -4.14. The third kappa shape index (κ3) is 5.40. The van der Waals surface area contributed by atoms with Gasteiger partial charge in [-0.25, -0.2) is 9.78 Å². The molecule has 6 nitrogen and oxygen atoms in total. The number of carboxylic acids is 1. The van der Waals surface area contributed by atoms with Gasteiger partial charge in [0.2, 0.25) is 0 Å². The van der Waals surface area contributed by atoms with Crippen molar-refractivity contribution in [2.75, 3.05) is 5.32 Å². The maximum atomic E-state index is 12.7. The highest BCUT2D eigenvalue weighted by atomic mass is 19.4. The normalized spacial score (nSPS) is 11.6. The summed E-state index contributed by atoms with van der Waals surface area (Å²) < 4.78 is 40.1. The number of anilines is 1. The number of hydrogen-bond acceptors (Lipinski definition) is 3. The van der Waals surface area contributed by atoms with Gasteiger partial charge in [-0.1, -0.05) is 55.8 Å². The lowest BCUT2D eigenvalue weighted by Crippen LogP contribution is -2.29. The van der Waals surface area contributed by atoms with E-state index in [1.54, 1.807) is 30.3 Å². The van der Waals surface area contributed by atoms with E-state index in [-0.39, 0.29) is 11.3 Å². The second kappa shape index (κ2) is 10.2. The molecule has 0 aliphatic heterocycles. The van der Waals surface area contributed by atoms with Crippen molar-refractivity contribution in [2.24, 2.45) is 0 Å². The molecule has 0 aliphatic carbocycles. The molecule has 186 valence electrons. The quantitative estimate of drug-likeness (QED) is 0.301. The van der Waals surface area contributed by atoms with Gasteiger partial charge in [-0.3, -0.25) is 4.79 Å². The Balaban J connectivity index is 1.68. The number of imidazole rings is 1. The first-order valence-corrected chi connectivity index (χ1v) is 11.5. The summed E-state index contributed by atoms with van der Waals surface area (Å²) in [4.78, 5) is 27.7. The molecule has 0 unspecified atom stereocenters. The zero-order valence-electron chi connectivity index (χ0n) is 19.5. The minimum absolute atomic E-state index is 0.0358. The summed E-state index contributed by atoms with van der Waals surface area (Å²) in [5.74, 6) is -2.24. The number of halogens is 3. The number of aromatic nitrogens is 2. The van der Waals surface area contributed by atoms with E-state index in [2.05, 4.69) is 11.9 Å². The number of carbonyl (C=O) groups excluding carboxylic acids is 1. The zero-order valence-corrected chi connectivity index (χ0v) is 19.5. The van der Waals surface area contributed by atoms with Crippen molar-refractivity contribution in [2.45, 2.75) is 38.9 Å². The van der Waals surface area contributed by atoms with Crippen LogP contribution in [0.5, 0.6) is 0 Å². The summed E-state index contributed by atoms with van der Waals surface area (Å²) in [6, 6.07) is 18.7. The fourth-order valence-corrected chi connectivity index (χ4v) is 4.05. The Morgan fingerprint density at radius 2 is 1.75 bits per heavy atom. The minimum atomic E-state index is -4.98. The number of unbranched alkanes of at least 4 members (excludes halogenated alkanes) is 1. The highest BCUT2D eigenvalue weighted by molar-refractivity contribution is 5.97. The van der Waals surface area contributed by atoms with Gasteiger partial charge in [-0.15, -0.1) is 0 Å². The summed E-state index contributed by atoms with van der Waals surface area (Å²) in [7, 11) is 0. The SMILES string of the molecule is CCCCc1nc2ccc(NC(=O)C(F)(F)F)cc2n1Cc1ccc(-c2ccccc2C(=O)O)cc1. The number of fused-ring (bicyclic) bond motifs is 1. The van der Waals surface area contributed by atoms with E-state index in [9.17, 15) is 27.9 Å². The molecule has 9 heteroatoms. The van der Waals surface area contributed by atoms with Gasteiger partial charge in [-0.05, 0) is 47.4 Å². The molecular weight excluding hydrogens is 471 g/mol. The molecule has 4 rings (SSSR count). The molecule has 1 heterocycles. The first-order chi connectivity index (χ1) is 17.2. The number of benzene rings is 3. The second-order valence-electron chi connectivity index (χ2n) is 8.42. The van der Waals surface area contributed by atoms with Crippen molar-refractivity contribution in [3.63, 3.8) is 0 Å². The van der Waals surface area contributed by atoms with Crippen molar-refractivity contribution in [1.29, 1.82) is 0 Å². The van der Waals surface area contributed by atoms with Crippen LogP contribution in [0.3, 0.4) is 0 Å². The van der Waals surface area contributed by atoms with Gasteiger partial charge < -0.3 is 15.0 Å². The van der Waals surface area contributed by atoms with Crippen LogP contribution in [0.1, 0.15) is 41.5 Å². The standard InChI is InChI=1S/C27H24F3N3O3/c1-2-3-8-24-32-22-14-13-19(31-26(36)27(28,29)30)15-23(22)33(24)16-17-9-11-18(12-10-17)20-6-4-5-7-21(20)25(34)35/h4-7,9-15H,2-3,8,16H2,1H3,(H,31,36)(H,34,35). The predicted molar refractivity (Wildman–Crippen MR) is 131 cm³/mol. The third-order valence-electron chi connectivity index (χ3n) is 5.86. The lowest BCUT2D eigenvalue weighted by atomic mass is 9.99. The highest BCUT2D eigenvalue weighted by Gasteiger charge is 2.38. The molecule has 4 aromatic rings. The summed E-state index contributed by atoms with van der Waals surface area (Å²) in [6.45, 7) is 2.47. The number of nitrogens with one attached hydrogen (secondary N) is 1. The average molecular weight is 496 g/mol. The Labute approximate surface area is 205 Å². The van der Waals surface area contributed by atoms with Crippen LogP contribution in [0.2, 0.25) is 0 Å². The van der Waals surface area contributed by atoms with E-state index >= 15 is 0 Å². The second-order valence-corrected chi connectivity index (χ2v) is 8.42. The van der Waals surface area contributed by atoms with Crippen LogP contribution in [-0.2, 0) is 17.8 Å². The minimum Gasteiger partial charge on any atom is -0.478 e. The van der Waals surface area contributed by atoms with Gasteiger partial charge >= 0.3 is 18.1 Å². The maximum absolute atomic E-state index is 12.7. The van der Waals surface area contributed by atoms with Gasteiger partial charge in [0.1, 0.15) is 5.82 Å². The van der Waals surface area contributed by atoms with E-state index in [0.29, 0.717) is 29.6 Å². The Morgan fingerprint density at radius 1 is 1.03 bits per heavy atom. The summed E-state index contributed by atoms with van der Waals surface area (Å²) in [5.41, 5.74) is 3.76. The van der Waals surface area contributed by atoms with Crippen LogP contribution in [0.25, 0.3) is 22.2 Å². The van der Waals surface area contributed by atoms with E-state index in [0.717, 1.165) is 29.8 Å². The number of amides is 1. The molecule has 0 atom stereocenters. The average Bonchev–Trinajstić information content (AvgIpc) is 3.19. The molecule has 1 amide bonds. The molecular formula is C27H24F3N3O3. The Kier molecular flexibility index (Phi) is 7.10. The van der Waals surface area contributed by atoms with Gasteiger partial charge in [0, 0.05) is 18.7 Å². The summed E-state index contributed by atoms with van der Waals surface area (Å²) in [5, 5.41) is 11.4. The van der Waals surface area contributed by atoms with Crippen molar-refractivity contribution >= 4 is 28.6 Å². The highest BCUT2D eigenvalue weighted by Crippen LogP contribution is 2.27. The Morgan fingerprint density at radius 3 is 2.42 bits per heavy atom. The van der Waals surface area contributed by atoms with Crippen molar-refractivity contribution < 1.29 is 27.9 Å². The Bertz CT molecular complexity index is 1410. The van der Waals surface area contributed by atoms with E-state index in [4.69, 9.17) is 0 Å². The number of rotatable bonds is 8. The van der Waals surface area contributed by atoms with Gasteiger partial charge in [-0.2, -0.15) is 13.2 Å². The molecule has 0 radical (unpaired) electrons. The number of aryl methyl sites for hydroxylation is 1. The van der Waals surface area contributed by atoms with Crippen LogP contribution in [-0.4, -0.2) is 32.7 Å². The van der Waals surface area contributed by atoms with Gasteiger partial charge in [0.05, 0.1) is 16.6 Å². The molecule has 36 heavy (non-hydrogen) atoms. The molecule has 0 spiro atoms. The smallest absolute Gasteiger partial charge is 0.471 e. The number of carbonyl (C=O) groups is 2. The molecule has 0 bridgehead atoms. The largest absolute Gasteiger partial charge is 0.478 e. The monoisotopic (exact) mass is 495 g/mol. The first kappa shape index (κ1) is 25.0. The van der Waals surface area contributed by atoms with E-state index < -0.39 is 18.1 Å². The van der Waals surface area contributed by atoms with Gasteiger partial charge in [0.15, 0.2) is 0 Å². The van der Waals surface area contributed by atoms with Crippen LogP contribution in [0.15, 0.2) is 66.7 Å². The molecule has 0 fully saturated rings. The van der Waals surface area contributed by atoms with Crippen LogP contribution in [0, 0.1) is 0 Å². The molecule has 0 saturated heterocycles. The zero-order chi connectivity index (χ0) is 25.9. The molecule has 0 aliphatic rings. The summed E-state index contributed by atoms with van der Waals surface area (Å²) >= 11 is 0. The molecule has 2 N–H and O–H groups in total. The van der Waals surface area contributed by atoms with Crippen LogP contribution < -0.4 is 5.32 Å². The number of alkyl halides is 3. The van der Waals surface area contributed by atoms with Crippen LogP contribution in [0.4, 0.5) is 18.9 Å². The lowest BCUT2D eigenvalue weighted by molar-refractivity contribution is -0.167. The third-order valence-corrected chi connectivity index (χ3v) is 5.86.